The molecular weight excluding hydrogens is 340 g/mol. The summed E-state index contributed by atoms with van der Waals surface area (Å²) in [6.45, 7) is 7.94. The molecule has 4 aromatic rings. The van der Waals surface area contributed by atoms with E-state index in [0.29, 0.717) is 5.58 Å². The predicted molar refractivity (Wildman–Crippen MR) is 108 cm³/mol. The van der Waals surface area contributed by atoms with Gasteiger partial charge in [0.1, 0.15) is 16.9 Å². The van der Waals surface area contributed by atoms with Gasteiger partial charge in [-0.05, 0) is 49.1 Å². The average molecular weight is 362 g/mol. The molecule has 2 aromatic heterocycles. The Balaban J connectivity index is 2.08. The van der Waals surface area contributed by atoms with Crippen molar-refractivity contribution in [3.63, 3.8) is 0 Å². The second-order valence-electron chi connectivity index (χ2n) is 7.22. The summed E-state index contributed by atoms with van der Waals surface area (Å²) in [6, 6.07) is 9.97. The van der Waals surface area contributed by atoms with Gasteiger partial charge in [-0.15, -0.1) is 0 Å². The third-order valence-electron chi connectivity index (χ3n) is 5.22. The summed E-state index contributed by atoms with van der Waals surface area (Å²) >= 11 is 0. The predicted octanol–water partition coefficient (Wildman–Crippen LogP) is 5.96. The van der Waals surface area contributed by atoms with E-state index in [2.05, 4.69) is 6.07 Å². The summed E-state index contributed by atoms with van der Waals surface area (Å²) in [5, 5.41) is 1.95. The van der Waals surface area contributed by atoms with E-state index in [9.17, 15) is 4.79 Å². The molecule has 0 bridgehead atoms. The monoisotopic (exact) mass is 362 g/mol. The molecule has 0 unspecified atom stereocenters. The fourth-order valence-electron chi connectivity index (χ4n) is 3.85. The first kappa shape index (κ1) is 17.4. The van der Waals surface area contributed by atoms with E-state index in [-0.39, 0.29) is 11.5 Å². The third-order valence-corrected chi connectivity index (χ3v) is 5.22. The molecule has 0 aliphatic rings. The highest BCUT2D eigenvalue weighted by Gasteiger charge is 2.20. The summed E-state index contributed by atoms with van der Waals surface area (Å²) in [6.07, 6.45) is 1.75. The van der Waals surface area contributed by atoms with Crippen LogP contribution in [-0.4, -0.2) is 7.11 Å². The molecule has 4 nitrogen and oxygen atoms in total. The molecule has 0 aliphatic carbocycles. The van der Waals surface area contributed by atoms with Crippen molar-refractivity contribution in [2.75, 3.05) is 7.11 Å². The molecule has 0 saturated heterocycles. The molecule has 0 spiro atoms. The number of ether oxygens (including phenoxy) is 1. The maximum absolute atomic E-state index is 12.5. The molecule has 0 fully saturated rings. The number of fused-ring (bicyclic) bond motifs is 2. The zero-order valence-corrected chi connectivity index (χ0v) is 16.2. The van der Waals surface area contributed by atoms with Crippen LogP contribution in [0.2, 0.25) is 0 Å². The molecule has 138 valence electrons. The third kappa shape index (κ3) is 2.64. The molecule has 0 radical (unpaired) electrons. The van der Waals surface area contributed by atoms with Gasteiger partial charge in [-0.3, -0.25) is 0 Å². The normalized spacial score (nSPS) is 11.6. The molecular formula is C23H22O4. The number of furan rings is 1. The maximum atomic E-state index is 12.5. The minimum Gasteiger partial charge on any atom is -0.497 e. The van der Waals surface area contributed by atoms with Crippen molar-refractivity contribution in [1.29, 1.82) is 0 Å². The SMILES string of the molecule is COc1cccc(-c2coc3c(C)c4oc(=O)c(C(C)C)c(C)c4cc23)c1. The Hall–Kier alpha value is -3.01. The molecule has 0 amide bonds. The van der Waals surface area contributed by atoms with Crippen molar-refractivity contribution in [1.82, 2.24) is 0 Å². The molecule has 4 heteroatoms. The van der Waals surface area contributed by atoms with Crippen LogP contribution >= 0.6 is 0 Å². The summed E-state index contributed by atoms with van der Waals surface area (Å²) in [4.78, 5) is 12.5. The minimum atomic E-state index is -0.267. The van der Waals surface area contributed by atoms with Gasteiger partial charge >= 0.3 is 5.63 Å². The van der Waals surface area contributed by atoms with E-state index in [1.54, 1.807) is 13.4 Å². The highest BCUT2D eigenvalue weighted by atomic mass is 16.5. The highest BCUT2D eigenvalue weighted by Crippen LogP contribution is 2.38. The van der Waals surface area contributed by atoms with Crippen LogP contribution in [-0.2, 0) is 0 Å². The van der Waals surface area contributed by atoms with Gasteiger partial charge in [0.05, 0.1) is 13.4 Å². The number of hydrogen-bond acceptors (Lipinski definition) is 4. The van der Waals surface area contributed by atoms with E-state index < -0.39 is 0 Å². The first-order chi connectivity index (χ1) is 12.9. The fraction of sp³-hybridized carbons (Fsp3) is 0.261. The van der Waals surface area contributed by atoms with E-state index >= 15 is 0 Å². The Morgan fingerprint density at radius 3 is 2.48 bits per heavy atom. The van der Waals surface area contributed by atoms with Gasteiger partial charge < -0.3 is 13.6 Å². The van der Waals surface area contributed by atoms with E-state index in [0.717, 1.165) is 49.9 Å². The summed E-state index contributed by atoms with van der Waals surface area (Å²) < 4.78 is 16.9. The zero-order valence-electron chi connectivity index (χ0n) is 16.2. The van der Waals surface area contributed by atoms with Crippen LogP contribution in [0.25, 0.3) is 33.1 Å². The Bertz CT molecular complexity index is 1220. The Morgan fingerprint density at radius 1 is 1.00 bits per heavy atom. The zero-order chi connectivity index (χ0) is 19.3. The molecule has 0 aliphatic heterocycles. The van der Waals surface area contributed by atoms with Crippen LogP contribution < -0.4 is 10.4 Å². The number of hydrogen-bond donors (Lipinski definition) is 0. The Kier molecular flexibility index (Phi) is 4.06. The highest BCUT2D eigenvalue weighted by molar-refractivity contribution is 6.05. The number of rotatable bonds is 3. The van der Waals surface area contributed by atoms with Crippen LogP contribution in [0.5, 0.6) is 5.75 Å². The van der Waals surface area contributed by atoms with Gasteiger partial charge in [-0.1, -0.05) is 26.0 Å². The topological polar surface area (TPSA) is 52.6 Å². The minimum absolute atomic E-state index is 0.101. The standard InChI is InChI=1S/C23H22O4/c1-12(2)20-13(3)17-10-18-19(15-7-6-8-16(9-15)25-5)11-26-21(18)14(4)22(17)27-23(20)24/h6-12H,1-5H3. The molecule has 0 N–H and O–H groups in total. The van der Waals surface area contributed by atoms with E-state index in [1.807, 2.05) is 52.0 Å². The molecule has 2 heterocycles. The molecule has 0 saturated carbocycles. The van der Waals surface area contributed by atoms with Gasteiger partial charge in [0.25, 0.3) is 0 Å². The van der Waals surface area contributed by atoms with E-state index in [1.165, 1.54) is 0 Å². The van der Waals surface area contributed by atoms with Crippen molar-refractivity contribution in [3.8, 4) is 16.9 Å². The van der Waals surface area contributed by atoms with Crippen molar-refractivity contribution >= 4 is 21.9 Å². The quantitative estimate of drug-likeness (QED) is 0.422. The second kappa shape index (κ2) is 6.31. The number of benzene rings is 2. The van der Waals surface area contributed by atoms with E-state index in [4.69, 9.17) is 13.6 Å². The van der Waals surface area contributed by atoms with Crippen molar-refractivity contribution in [3.05, 3.63) is 63.7 Å². The fourth-order valence-corrected chi connectivity index (χ4v) is 3.85. The first-order valence-electron chi connectivity index (χ1n) is 9.05. The number of methoxy groups -OCH3 is 1. The largest absolute Gasteiger partial charge is 0.497 e. The van der Waals surface area contributed by atoms with Gasteiger partial charge in [-0.25, -0.2) is 4.79 Å². The Morgan fingerprint density at radius 2 is 1.78 bits per heavy atom. The molecule has 2 aromatic carbocycles. The van der Waals surface area contributed by atoms with Crippen LogP contribution in [0, 0.1) is 13.8 Å². The van der Waals surface area contributed by atoms with Crippen LogP contribution in [0.4, 0.5) is 0 Å². The lowest BCUT2D eigenvalue weighted by Crippen LogP contribution is -2.12. The molecule has 0 atom stereocenters. The first-order valence-corrected chi connectivity index (χ1v) is 9.05. The smallest absolute Gasteiger partial charge is 0.339 e. The summed E-state index contributed by atoms with van der Waals surface area (Å²) in [7, 11) is 1.66. The van der Waals surface area contributed by atoms with Crippen LogP contribution in [0.3, 0.4) is 0 Å². The lowest BCUT2D eigenvalue weighted by Gasteiger charge is -2.12. The second-order valence-corrected chi connectivity index (χ2v) is 7.22. The average Bonchev–Trinajstić information content (AvgIpc) is 3.07. The van der Waals surface area contributed by atoms with Crippen LogP contribution in [0.15, 0.2) is 50.2 Å². The van der Waals surface area contributed by atoms with Gasteiger partial charge in [0, 0.05) is 27.5 Å². The summed E-state index contributed by atoms with van der Waals surface area (Å²) in [5.74, 6) is 0.896. The lowest BCUT2D eigenvalue weighted by atomic mass is 9.94. The van der Waals surface area contributed by atoms with Gasteiger partial charge in [0.2, 0.25) is 0 Å². The van der Waals surface area contributed by atoms with Crippen molar-refractivity contribution in [2.45, 2.75) is 33.6 Å². The Labute approximate surface area is 157 Å². The van der Waals surface area contributed by atoms with Crippen molar-refractivity contribution < 1.29 is 13.6 Å². The molecule has 27 heavy (non-hydrogen) atoms. The van der Waals surface area contributed by atoms with Gasteiger partial charge in [-0.2, -0.15) is 0 Å². The van der Waals surface area contributed by atoms with Gasteiger partial charge in [0.15, 0.2) is 0 Å². The summed E-state index contributed by atoms with van der Waals surface area (Å²) in [5.41, 5.74) is 5.62. The molecule has 4 rings (SSSR count). The van der Waals surface area contributed by atoms with Crippen molar-refractivity contribution in [2.24, 2.45) is 0 Å². The van der Waals surface area contributed by atoms with Crippen LogP contribution in [0.1, 0.15) is 36.5 Å². The lowest BCUT2D eigenvalue weighted by molar-refractivity contribution is 0.415. The maximum Gasteiger partial charge on any atom is 0.339 e. The number of aryl methyl sites for hydroxylation is 2.